The molecule has 5 rings (SSSR count). The topological polar surface area (TPSA) is 83.1 Å². The van der Waals surface area contributed by atoms with Crippen LogP contribution in [-0.2, 0) is 16.1 Å². The number of carbonyl (C=O) groups excluding carboxylic acids is 1. The summed E-state index contributed by atoms with van der Waals surface area (Å²) in [4.78, 5) is 14.3. The van der Waals surface area contributed by atoms with Crippen molar-refractivity contribution in [2.24, 2.45) is 0 Å². The molecule has 0 spiro atoms. The fourth-order valence-electron chi connectivity index (χ4n) is 5.29. The molecule has 4 aromatic rings. The highest BCUT2D eigenvalue weighted by atomic mass is 16.7. The quantitative estimate of drug-likeness (QED) is 0.215. The van der Waals surface area contributed by atoms with Gasteiger partial charge in [0.25, 0.3) is 0 Å². The first-order chi connectivity index (χ1) is 19.9. The first-order valence-electron chi connectivity index (χ1n) is 14.3. The molecule has 3 N–H and O–H groups in total. The van der Waals surface area contributed by atoms with Gasteiger partial charge in [-0.15, -0.1) is 0 Å². The van der Waals surface area contributed by atoms with E-state index in [0.717, 1.165) is 23.2 Å². The van der Waals surface area contributed by atoms with Crippen molar-refractivity contribution in [3.05, 3.63) is 113 Å². The van der Waals surface area contributed by atoms with Gasteiger partial charge < -0.3 is 25.2 Å². The zero-order valence-corrected chi connectivity index (χ0v) is 23.9. The van der Waals surface area contributed by atoms with Gasteiger partial charge in [-0.25, -0.2) is 4.79 Å². The molecule has 4 aromatic carbocycles. The highest BCUT2D eigenvalue weighted by molar-refractivity contribution is 5.89. The number of rotatable bonds is 9. The van der Waals surface area contributed by atoms with Crippen LogP contribution in [0.5, 0.6) is 0 Å². The maximum Gasteiger partial charge on any atom is 0.319 e. The van der Waals surface area contributed by atoms with E-state index in [0.29, 0.717) is 18.7 Å². The van der Waals surface area contributed by atoms with Gasteiger partial charge in [0.15, 0.2) is 6.29 Å². The molecule has 2 amide bonds. The van der Waals surface area contributed by atoms with Crippen LogP contribution in [0.3, 0.4) is 0 Å². The van der Waals surface area contributed by atoms with Gasteiger partial charge in [0.2, 0.25) is 0 Å². The molecule has 7 heteroatoms. The van der Waals surface area contributed by atoms with Crippen molar-refractivity contribution in [3.63, 3.8) is 0 Å². The summed E-state index contributed by atoms with van der Waals surface area (Å²) >= 11 is 0. The summed E-state index contributed by atoms with van der Waals surface area (Å²) in [6, 6.07) is 30.6. The molecule has 0 radical (unpaired) electrons. The van der Waals surface area contributed by atoms with E-state index >= 15 is 0 Å². The van der Waals surface area contributed by atoms with Gasteiger partial charge in [0.1, 0.15) is 0 Å². The fraction of sp³-hybridized carbons (Fsp3) is 0.324. The van der Waals surface area contributed by atoms with Crippen LogP contribution in [0, 0.1) is 0 Å². The maximum absolute atomic E-state index is 11.9. The van der Waals surface area contributed by atoms with Crippen molar-refractivity contribution in [2.75, 3.05) is 25.5 Å². The van der Waals surface area contributed by atoms with E-state index in [-0.39, 0.29) is 30.9 Å². The number of nitrogens with zero attached hydrogens (tertiary/aromatic N) is 1. The maximum atomic E-state index is 11.9. The standard InChI is InChI=1S/C34H39N3O4/c1-4-35-34(39)36-30-17-15-27(16-18-30)33-40-31(20-32(41-33)26-11-9-24(22-38)10-12-26)21-37(3)23(2)28-14-13-25-7-5-6-8-29(25)19-28/h5-19,23,31-33,38H,4,20-22H2,1-3H3,(H2,35,36,39). The van der Waals surface area contributed by atoms with Gasteiger partial charge in [-0.1, -0.05) is 72.8 Å². The third-order valence-corrected chi connectivity index (χ3v) is 7.80. The summed E-state index contributed by atoms with van der Waals surface area (Å²) in [7, 11) is 2.14. The number of aliphatic hydroxyl groups excluding tert-OH is 1. The lowest BCUT2D eigenvalue weighted by atomic mass is 9.98. The van der Waals surface area contributed by atoms with Crippen LogP contribution in [-0.4, -0.2) is 42.3 Å². The van der Waals surface area contributed by atoms with Crippen LogP contribution >= 0.6 is 0 Å². The number of hydrogen-bond donors (Lipinski definition) is 3. The summed E-state index contributed by atoms with van der Waals surface area (Å²) in [5.41, 5.74) is 4.78. The number of hydrogen-bond acceptors (Lipinski definition) is 5. The van der Waals surface area contributed by atoms with Crippen LogP contribution in [0.15, 0.2) is 91.0 Å². The van der Waals surface area contributed by atoms with E-state index < -0.39 is 6.29 Å². The molecule has 1 fully saturated rings. The minimum absolute atomic E-state index is 0.00822. The van der Waals surface area contributed by atoms with E-state index in [2.05, 4.69) is 72.0 Å². The van der Waals surface area contributed by atoms with E-state index in [9.17, 15) is 9.90 Å². The SMILES string of the molecule is CCNC(=O)Nc1ccc(C2OC(CN(C)C(C)c3ccc4ccccc4c3)CC(c3ccc(CO)cc3)O2)cc1. The molecule has 0 saturated carbocycles. The van der Waals surface area contributed by atoms with Gasteiger partial charge in [-0.2, -0.15) is 0 Å². The van der Waals surface area contributed by atoms with Crippen LogP contribution < -0.4 is 10.6 Å². The number of aliphatic hydroxyl groups is 1. The minimum Gasteiger partial charge on any atom is -0.392 e. The lowest BCUT2D eigenvalue weighted by Gasteiger charge is -2.39. The highest BCUT2D eigenvalue weighted by Crippen LogP contribution is 2.39. The second kappa shape index (κ2) is 13.3. The van der Waals surface area contributed by atoms with Crippen molar-refractivity contribution < 1.29 is 19.4 Å². The first-order valence-corrected chi connectivity index (χ1v) is 14.3. The van der Waals surface area contributed by atoms with Crippen LogP contribution in [0.2, 0.25) is 0 Å². The summed E-state index contributed by atoms with van der Waals surface area (Å²) < 4.78 is 13.0. The number of carbonyl (C=O) groups is 1. The van der Waals surface area contributed by atoms with Crippen molar-refractivity contribution in [1.29, 1.82) is 0 Å². The average molecular weight is 554 g/mol. The third kappa shape index (κ3) is 7.13. The van der Waals surface area contributed by atoms with Crippen molar-refractivity contribution in [3.8, 4) is 0 Å². The molecular formula is C34H39N3O4. The normalized spacial score (nSPS) is 19.7. The number of fused-ring (bicyclic) bond motifs is 1. The summed E-state index contributed by atoms with van der Waals surface area (Å²) in [5, 5.41) is 17.5. The summed E-state index contributed by atoms with van der Waals surface area (Å²) in [5.74, 6) is 0. The fourth-order valence-corrected chi connectivity index (χ4v) is 5.29. The first kappa shape index (κ1) is 28.8. The van der Waals surface area contributed by atoms with Gasteiger partial charge in [-0.3, -0.25) is 4.90 Å². The van der Waals surface area contributed by atoms with E-state index in [1.807, 2.05) is 55.5 Å². The number of ether oxygens (including phenoxy) is 2. The number of likely N-dealkylation sites (N-methyl/N-ethyl adjacent to an activating group) is 1. The Balaban J connectivity index is 1.33. The average Bonchev–Trinajstić information content (AvgIpc) is 3.00. The number of benzene rings is 4. The predicted octanol–water partition coefficient (Wildman–Crippen LogP) is 6.71. The second-order valence-electron chi connectivity index (χ2n) is 10.7. The molecule has 4 atom stereocenters. The van der Waals surface area contributed by atoms with Gasteiger partial charge in [0, 0.05) is 36.8 Å². The summed E-state index contributed by atoms with van der Waals surface area (Å²) in [6.07, 6.45) is -0.0823. The van der Waals surface area contributed by atoms with E-state index in [4.69, 9.17) is 9.47 Å². The van der Waals surface area contributed by atoms with Crippen LogP contribution in [0.4, 0.5) is 10.5 Å². The predicted molar refractivity (Wildman–Crippen MR) is 163 cm³/mol. The van der Waals surface area contributed by atoms with Crippen LogP contribution in [0.1, 0.15) is 61.0 Å². The van der Waals surface area contributed by atoms with E-state index in [1.165, 1.54) is 16.3 Å². The van der Waals surface area contributed by atoms with Crippen molar-refractivity contribution >= 4 is 22.5 Å². The molecule has 1 saturated heterocycles. The molecule has 1 heterocycles. The Bertz CT molecular complexity index is 1440. The Labute approximate surface area is 242 Å². The molecule has 41 heavy (non-hydrogen) atoms. The Morgan fingerprint density at radius 1 is 0.951 bits per heavy atom. The Morgan fingerprint density at radius 3 is 2.37 bits per heavy atom. The monoisotopic (exact) mass is 553 g/mol. The zero-order chi connectivity index (χ0) is 28.8. The Kier molecular flexibility index (Phi) is 9.31. The number of amides is 2. The second-order valence-corrected chi connectivity index (χ2v) is 10.7. The number of nitrogens with one attached hydrogen (secondary N) is 2. The number of anilines is 1. The summed E-state index contributed by atoms with van der Waals surface area (Å²) in [6.45, 7) is 5.41. The highest BCUT2D eigenvalue weighted by Gasteiger charge is 2.33. The molecule has 0 aliphatic carbocycles. The van der Waals surface area contributed by atoms with Crippen LogP contribution in [0.25, 0.3) is 10.8 Å². The molecular weight excluding hydrogens is 514 g/mol. The molecule has 7 nitrogen and oxygen atoms in total. The molecule has 1 aliphatic rings. The molecule has 4 unspecified atom stereocenters. The molecule has 0 bridgehead atoms. The largest absolute Gasteiger partial charge is 0.392 e. The lowest BCUT2D eigenvalue weighted by molar-refractivity contribution is -0.253. The van der Waals surface area contributed by atoms with Gasteiger partial charge in [-0.05, 0) is 66.6 Å². The molecule has 214 valence electrons. The third-order valence-electron chi connectivity index (χ3n) is 7.80. The van der Waals surface area contributed by atoms with E-state index in [1.54, 1.807) is 0 Å². The smallest absolute Gasteiger partial charge is 0.319 e. The van der Waals surface area contributed by atoms with Gasteiger partial charge in [0.05, 0.1) is 18.8 Å². The minimum atomic E-state index is -0.556. The lowest BCUT2D eigenvalue weighted by Crippen LogP contribution is -2.38. The number of urea groups is 1. The van der Waals surface area contributed by atoms with Crippen molar-refractivity contribution in [2.45, 2.75) is 51.4 Å². The zero-order valence-electron chi connectivity index (χ0n) is 23.9. The van der Waals surface area contributed by atoms with Gasteiger partial charge >= 0.3 is 6.03 Å². The molecule has 1 aliphatic heterocycles. The Morgan fingerprint density at radius 2 is 1.66 bits per heavy atom. The molecule has 0 aromatic heterocycles. The van der Waals surface area contributed by atoms with Crippen molar-refractivity contribution in [1.82, 2.24) is 10.2 Å². The Hall–Kier alpha value is -3.75.